The zero-order valence-corrected chi connectivity index (χ0v) is 19.8. The van der Waals surface area contributed by atoms with Crippen LogP contribution in [0.2, 0.25) is 0 Å². The van der Waals surface area contributed by atoms with Crippen LogP contribution in [0, 0.1) is 0 Å². The van der Waals surface area contributed by atoms with Crippen molar-refractivity contribution in [3.8, 4) is 0 Å². The Morgan fingerprint density at radius 2 is 1.23 bits per heavy atom. The first-order valence-corrected chi connectivity index (χ1v) is 12.8. The molecule has 5 heteroatoms. The number of aliphatic hydroxyl groups excluding tert-OH is 2. The van der Waals surface area contributed by atoms with Gasteiger partial charge in [0.15, 0.2) is 0 Å². The van der Waals surface area contributed by atoms with E-state index in [1.54, 1.807) is 0 Å². The molecule has 0 aromatic heterocycles. The van der Waals surface area contributed by atoms with Crippen molar-refractivity contribution in [2.24, 2.45) is 0 Å². The summed E-state index contributed by atoms with van der Waals surface area (Å²) >= 11 is 0. The van der Waals surface area contributed by atoms with Crippen molar-refractivity contribution < 1.29 is 20.1 Å². The molecule has 0 amide bonds. The summed E-state index contributed by atoms with van der Waals surface area (Å²) in [4.78, 5) is 12.8. The first-order chi connectivity index (χ1) is 14.6. The number of aliphatic hydroxyl groups is 2. The van der Waals surface area contributed by atoms with Gasteiger partial charge < -0.3 is 20.2 Å². The van der Waals surface area contributed by atoms with Gasteiger partial charge in [-0.1, -0.05) is 90.4 Å². The summed E-state index contributed by atoms with van der Waals surface area (Å²) in [6.45, 7) is 4.95. The third-order valence-electron chi connectivity index (χ3n) is 5.86. The lowest BCUT2D eigenvalue weighted by molar-refractivity contribution is -0.137. The molecule has 0 bridgehead atoms. The van der Waals surface area contributed by atoms with E-state index in [-0.39, 0.29) is 19.1 Å². The Morgan fingerprint density at radius 1 is 0.733 bits per heavy atom. The quantitative estimate of drug-likeness (QED) is 0.170. The summed E-state index contributed by atoms with van der Waals surface area (Å²) in [6.07, 6.45) is 19.8. The van der Waals surface area contributed by atoms with Gasteiger partial charge in [0.1, 0.15) is 0 Å². The fourth-order valence-electron chi connectivity index (χ4n) is 3.99. The number of unbranched alkanes of at least 4 members (excludes halogenated alkanes) is 13. The summed E-state index contributed by atoms with van der Waals surface area (Å²) in [5.74, 6) is -0.707. The number of carbonyl (C=O) groups is 1. The Hall–Kier alpha value is -0.650. The molecule has 1 unspecified atom stereocenters. The van der Waals surface area contributed by atoms with Crippen molar-refractivity contribution in [3.05, 3.63) is 0 Å². The van der Waals surface area contributed by atoms with Gasteiger partial charge in [-0.15, -0.1) is 0 Å². The minimum absolute atomic E-state index is 0.195. The molecule has 0 aromatic carbocycles. The third-order valence-corrected chi connectivity index (χ3v) is 5.86. The number of rotatable bonds is 24. The summed E-state index contributed by atoms with van der Waals surface area (Å²) in [5.41, 5.74) is 0. The highest BCUT2D eigenvalue weighted by atomic mass is 16.4. The van der Waals surface area contributed by atoms with Crippen LogP contribution in [0.4, 0.5) is 0 Å². The van der Waals surface area contributed by atoms with E-state index < -0.39 is 5.97 Å². The fraction of sp³-hybridized carbons (Fsp3) is 0.960. The van der Waals surface area contributed by atoms with E-state index in [2.05, 4.69) is 11.8 Å². The van der Waals surface area contributed by atoms with Crippen molar-refractivity contribution in [2.75, 3.05) is 26.2 Å². The molecule has 1 atom stereocenters. The number of carboxylic acids is 1. The van der Waals surface area contributed by atoms with Crippen molar-refractivity contribution in [2.45, 2.75) is 129 Å². The second-order valence-corrected chi connectivity index (χ2v) is 8.91. The predicted molar refractivity (Wildman–Crippen MR) is 126 cm³/mol. The fourth-order valence-corrected chi connectivity index (χ4v) is 3.99. The number of hydrogen-bond acceptors (Lipinski definition) is 4. The summed E-state index contributed by atoms with van der Waals surface area (Å²) in [6, 6.07) is 0. The molecule has 180 valence electrons. The summed E-state index contributed by atoms with van der Waals surface area (Å²) in [5, 5.41) is 28.2. The van der Waals surface area contributed by atoms with Gasteiger partial charge >= 0.3 is 5.97 Å². The molecule has 5 nitrogen and oxygen atoms in total. The predicted octanol–water partition coefficient (Wildman–Crippen LogP) is 5.77. The lowest BCUT2D eigenvalue weighted by Gasteiger charge is -2.25. The number of carboxylic acid groups (broad SMARTS) is 1. The highest BCUT2D eigenvalue weighted by molar-refractivity contribution is 5.66. The Labute approximate surface area is 186 Å². The summed E-state index contributed by atoms with van der Waals surface area (Å²) in [7, 11) is 0. The highest BCUT2D eigenvalue weighted by Crippen LogP contribution is 2.13. The van der Waals surface area contributed by atoms with Gasteiger partial charge in [-0.05, 0) is 32.2 Å². The van der Waals surface area contributed by atoms with E-state index in [1.807, 2.05) is 0 Å². The zero-order chi connectivity index (χ0) is 22.3. The first-order valence-electron chi connectivity index (χ1n) is 12.8. The Balaban J connectivity index is 3.72. The SMILES string of the molecule is CCCCCCCCCCCCC(O)CN(CCCO)CCCCCCCC(=O)O. The lowest BCUT2D eigenvalue weighted by Crippen LogP contribution is -2.34. The van der Waals surface area contributed by atoms with Gasteiger partial charge in [0.2, 0.25) is 0 Å². The molecule has 0 fully saturated rings. The van der Waals surface area contributed by atoms with Gasteiger partial charge in [-0.2, -0.15) is 0 Å². The van der Waals surface area contributed by atoms with E-state index >= 15 is 0 Å². The second kappa shape index (κ2) is 23.0. The van der Waals surface area contributed by atoms with Crippen LogP contribution >= 0.6 is 0 Å². The van der Waals surface area contributed by atoms with Gasteiger partial charge in [-0.25, -0.2) is 0 Å². The van der Waals surface area contributed by atoms with Crippen LogP contribution in [0.25, 0.3) is 0 Å². The van der Waals surface area contributed by atoms with Gasteiger partial charge in [0, 0.05) is 26.1 Å². The van der Waals surface area contributed by atoms with E-state index in [1.165, 1.54) is 57.8 Å². The average molecular weight is 430 g/mol. The van der Waals surface area contributed by atoms with Crippen molar-refractivity contribution in [3.63, 3.8) is 0 Å². The zero-order valence-electron chi connectivity index (χ0n) is 19.8. The molecule has 0 aliphatic heterocycles. The maximum Gasteiger partial charge on any atom is 0.303 e. The largest absolute Gasteiger partial charge is 0.481 e. The molecule has 0 aliphatic carbocycles. The second-order valence-electron chi connectivity index (χ2n) is 8.91. The maximum atomic E-state index is 10.5. The van der Waals surface area contributed by atoms with Crippen molar-refractivity contribution in [1.82, 2.24) is 4.90 Å². The van der Waals surface area contributed by atoms with Crippen LogP contribution < -0.4 is 0 Å². The standard InChI is InChI=1S/C25H51NO4/c1-2-3-4-5-6-7-8-9-11-14-18-24(28)23-26(21-17-22-27)20-16-13-10-12-15-19-25(29)30/h24,27-28H,2-23H2,1H3,(H,29,30). The van der Waals surface area contributed by atoms with Crippen LogP contribution in [-0.4, -0.2) is 58.5 Å². The minimum atomic E-state index is -0.707. The van der Waals surface area contributed by atoms with E-state index in [0.717, 1.165) is 64.5 Å². The Morgan fingerprint density at radius 3 is 1.80 bits per heavy atom. The number of hydrogen-bond donors (Lipinski definition) is 3. The van der Waals surface area contributed by atoms with Gasteiger partial charge in [0.25, 0.3) is 0 Å². The molecule has 0 radical (unpaired) electrons. The molecule has 0 aliphatic rings. The number of aliphatic carboxylic acids is 1. The molecule has 0 aromatic rings. The lowest BCUT2D eigenvalue weighted by atomic mass is 10.0. The molecule has 0 saturated carbocycles. The van der Waals surface area contributed by atoms with Crippen LogP contribution in [-0.2, 0) is 4.79 Å². The molecular formula is C25H51NO4. The minimum Gasteiger partial charge on any atom is -0.481 e. The van der Waals surface area contributed by atoms with Crippen molar-refractivity contribution >= 4 is 5.97 Å². The third kappa shape index (κ3) is 22.0. The van der Waals surface area contributed by atoms with E-state index in [0.29, 0.717) is 6.54 Å². The molecule has 0 heterocycles. The number of nitrogens with zero attached hydrogens (tertiary/aromatic N) is 1. The van der Waals surface area contributed by atoms with Crippen molar-refractivity contribution in [1.29, 1.82) is 0 Å². The molecule has 0 saturated heterocycles. The Bertz CT molecular complexity index is 365. The van der Waals surface area contributed by atoms with Crippen LogP contribution in [0.1, 0.15) is 122 Å². The van der Waals surface area contributed by atoms with Crippen LogP contribution in [0.15, 0.2) is 0 Å². The molecule has 3 N–H and O–H groups in total. The van der Waals surface area contributed by atoms with Gasteiger partial charge in [0.05, 0.1) is 6.10 Å². The van der Waals surface area contributed by atoms with Crippen LogP contribution in [0.3, 0.4) is 0 Å². The molecule has 30 heavy (non-hydrogen) atoms. The van der Waals surface area contributed by atoms with E-state index in [9.17, 15) is 9.90 Å². The maximum absolute atomic E-state index is 10.5. The normalized spacial score (nSPS) is 12.5. The van der Waals surface area contributed by atoms with Crippen LogP contribution in [0.5, 0.6) is 0 Å². The molecular weight excluding hydrogens is 378 g/mol. The monoisotopic (exact) mass is 429 g/mol. The summed E-state index contributed by atoms with van der Waals surface area (Å²) < 4.78 is 0. The smallest absolute Gasteiger partial charge is 0.303 e. The van der Waals surface area contributed by atoms with Gasteiger partial charge in [-0.3, -0.25) is 4.79 Å². The Kier molecular flexibility index (Phi) is 22.5. The molecule has 0 rings (SSSR count). The highest BCUT2D eigenvalue weighted by Gasteiger charge is 2.11. The topological polar surface area (TPSA) is 81.0 Å². The average Bonchev–Trinajstić information content (AvgIpc) is 2.72. The van der Waals surface area contributed by atoms with E-state index in [4.69, 9.17) is 10.2 Å². The molecule has 0 spiro atoms. The first kappa shape index (κ1) is 29.4.